The molecule has 1 N–H and O–H groups in total. The first-order valence-corrected chi connectivity index (χ1v) is 8.60. The molecule has 0 aliphatic heterocycles. The first-order chi connectivity index (χ1) is 10.7. The Hall–Kier alpha value is -1.06. The van der Waals surface area contributed by atoms with Gasteiger partial charge in [-0.1, -0.05) is 36.8 Å². The zero-order valence-corrected chi connectivity index (χ0v) is 15.1. The van der Waals surface area contributed by atoms with Crippen molar-refractivity contribution in [3.63, 3.8) is 0 Å². The Morgan fingerprint density at radius 2 is 2.04 bits per heavy atom. The largest absolute Gasteiger partial charge is 0.344 e. The minimum atomic E-state index is -0.146. The highest BCUT2D eigenvalue weighted by Crippen LogP contribution is 2.58. The normalized spacial score (nSPS) is 28.4. The van der Waals surface area contributed by atoms with E-state index < -0.39 is 0 Å². The number of benzene rings is 1. The Labute approximate surface area is 146 Å². The maximum absolute atomic E-state index is 13.3. The smallest absolute Gasteiger partial charge is 0.229 e. The van der Waals surface area contributed by atoms with E-state index in [9.17, 15) is 4.79 Å². The van der Waals surface area contributed by atoms with Crippen LogP contribution < -0.4 is 5.32 Å². The number of hydrogen-bond donors (Lipinski definition) is 1. The van der Waals surface area contributed by atoms with Crippen LogP contribution in [0.25, 0.3) is 0 Å². The van der Waals surface area contributed by atoms with Crippen LogP contribution in [0.4, 0.5) is 0 Å². The van der Waals surface area contributed by atoms with Gasteiger partial charge >= 0.3 is 0 Å². The lowest BCUT2D eigenvalue weighted by atomic mass is 9.68. The van der Waals surface area contributed by atoms with Gasteiger partial charge in [0.1, 0.15) is 0 Å². The number of rotatable bonds is 6. The number of hydrogen-bond acceptors (Lipinski definition) is 2. The fourth-order valence-electron chi connectivity index (χ4n) is 4.72. The van der Waals surface area contributed by atoms with Gasteiger partial charge in [-0.05, 0) is 50.1 Å². The van der Waals surface area contributed by atoms with Crippen molar-refractivity contribution < 1.29 is 4.79 Å². The standard InChI is InChI=1S/C19H28N2O.ClH/c1-20-10-11-21(2)18(22)19(13-15-6-4-3-5-7-15)14-16-8-9-17(19)12-16;/h3-7,16-17,20H,8-14H2,1-2H3;1H. The Kier molecular flexibility index (Phi) is 6.10. The van der Waals surface area contributed by atoms with Crippen molar-refractivity contribution in [1.29, 1.82) is 0 Å². The van der Waals surface area contributed by atoms with E-state index in [1.807, 2.05) is 19.0 Å². The van der Waals surface area contributed by atoms with Crippen molar-refractivity contribution in [2.45, 2.75) is 32.1 Å². The predicted molar refractivity (Wildman–Crippen MR) is 96.8 cm³/mol. The minimum Gasteiger partial charge on any atom is -0.344 e. The van der Waals surface area contributed by atoms with Crippen LogP contribution in [-0.2, 0) is 11.2 Å². The molecule has 2 aliphatic carbocycles. The molecular weight excluding hydrogens is 308 g/mol. The quantitative estimate of drug-likeness (QED) is 0.865. The number of halogens is 1. The fraction of sp³-hybridized carbons (Fsp3) is 0.632. The van der Waals surface area contributed by atoms with E-state index >= 15 is 0 Å². The molecule has 0 heterocycles. The number of nitrogens with zero attached hydrogens (tertiary/aromatic N) is 1. The third kappa shape index (κ3) is 3.56. The van der Waals surface area contributed by atoms with Crippen molar-refractivity contribution >= 4 is 18.3 Å². The summed E-state index contributed by atoms with van der Waals surface area (Å²) in [5.41, 5.74) is 1.16. The number of amides is 1. The summed E-state index contributed by atoms with van der Waals surface area (Å²) in [5.74, 6) is 1.73. The monoisotopic (exact) mass is 336 g/mol. The van der Waals surface area contributed by atoms with Crippen molar-refractivity contribution in [3.8, 4) is 0 Å². The number of fused-ring (bicyclic) bond motifs is 2. The van der Waals surface area contributed by atoms with Gasteiger partial charge in [-0.2, -0.15) is 0 Å². The molecule has 0 saturated heterocycles. The molecule has 1 aromatic carbocycles. The molecule has 0 aromatic heterocycles. The van der Waals surface area contributed by atoms with Gasteiger partial charge in [0.15, 0.2) is 0 Å². The summed E-state index contributed by atoms with van der Waals surface area (Å²) < 4.78 is 0. The first-order valence-electron chi connectivity index (χ1n) is 8.60. The summed E-state index contributed by atoms with van der Waals surface area (Å²) >= 11 is 0. The second-order valence-electron chi connectivity index (χ2n) is 7.23. The van der Waals surface area contributed by atoms with E-state index in [0.717, 1.165) is 31.8 Å². The van der Waals surface area contributed by atoms with Gasteiger partial charge in [-0.25, -0.2) is 0 Å². The molecule has 1 aromatic rings. The predicted octanol–water partition coefficient (Wildman–Crippen LogP) is 3.14. The van der Waals surface area contributed by atoms with Crippen molar-refractivity contribution in [2.24, 2.45) is 17.3 Å². The van der Waals surface area contributed by atoms with E-state index in [1.54, 1.807) is 0 Å². The Bertz CT molecular complexity index is 521. The molecule has 2 aliphatic rings. The average molecular weight is 337 g/mol. The zero-order chi connectivity index (χ0) is 15.6. The number of carbonyl (C=O) groups excluding carboxylic acids is 1. The molecule has 128 valence electrons. The third-order valence-electron chi connectivity index (χ3n) is 5.81. The number of nitrogens with one attached hydrogen (secondary N) is 1. The molecule has 3 rings (SSSR count). The maximum atomic E-state index is 13.3. The van der Waals surface area contributed by atoms with Crippen molar-refractivity contribution in [1.82, 2.24) is 10.2 Å². The first kappa shape index (κ1) is 18.3. The second-order valence-corrected chi connectivity index (χ2v) is 7.23. The second kappa shape index (κ2) is 7.67. The SMILES string of the molecule is CNCCN(C)C(=O)C1(Cc2ccccc2)CC2CCC1C2.Cl. The summed E-state index contributed by atoms with van der Waals surface area (Å²) in [6.07, 6.45) is 5.84. The Morgan fingerprint density at radius 1 is 1.30 bits per heavy atom. The minimum absolute atomic E-state index is 0. The van der Waals surface area contributed by atoms with Gasteiger partial charge in [0.05, 0.1) is 5.41 Å². The summed E-state index contributed by atoms with van der Waals surface area (Å²) in [7, 11) is 3.91. The van der Waals surface area contributed by atoms with Gasteiger partial charge in [-0.3, -0.25) is 4.79 Å². The van der Waals surface area contributed by atoms with Crippen molar-refractivity contribution in [2.75, 3.05) is 27.2 Å². The fourth-order valence-corrected chi connectivity index (χ4v) is 4.72. The third-order valence-corrected chi connectivity index (χ3v) is 5.81. The Morgan fingerprint density at radius 3 is 2.61 bits per heavy atom. The van der Waals surface area contributed by atoms with Crippen LogP contribution >= 0.6 is 12.4 Å². The molecule has 4 heteroatoms. The van der Waals surface area contributed by atoms with E-state index in [1.165, 1.54) is 24.8 Å². The molecule has 2 fully saturated rings. The summed E-state index contributed by atoms with van der Waals surface area (Å²) in [5, 5.41) is 3.15. The van der Waals surface area contributed by atoms with Gasteiger partial charge in [0.25, 0.3) is 0 Å². The molecule has 23 heavy (non-hydrogen) atoms. The molecule has 3 nitrogen and oxygen atoms in total. The van der Waals surface area contributed by atoms with Crippen LogP contribution in [0.15, 0.2) is 30.3 Å². The summed E-state index contributed by atoms with van der Waals surface area (Å²) in [4.78, 5) is 15.2. The highest BCUT2D eigenvalue weighted by molar-refractivity contribution is 5.85. The molecule has 0 radical (unpaired) electrons. The van der Waals surface area contributed by atoms with Gasteiger partial charge in [0, 0.05) is 20.1 Å². The average Bonchev–Trinajstić information content (AvgIpc) is 3.14. The lowest BCUT2D eigenvalue weighted by Crippen LogP contribution is -2.48. The highest BCUT2D eigenvalue weighted by atomic mass is 35.5. The van der Waals surface area contributed by atoms with E-state index in [4.69, 9.17) is 0 Å². The van der Waals surface area contributed by atoms with Gasteiger partial charge in [-0.15, -0.1) is 12.4 Å². The molecule has 3 unspecified atom stereocenters. The van der Waals surface area contributed by atoms with Crippen LogP contribution in [0.2, 0.25) is 0 Å². The molecular formula is C19H29ClN2O. The Balaban J connectivity index is 0.00000192. The maximum Gasteiger partial charge on any atom is 0.229 e. The van der Waals surface area contributed by atoms with Gasteiger partial charge in [0.2, 0.25) is 5.91 Å². The summed E-state index contributed by atoms with van der Waals surface area (Å²) in [6.45, 7) is 1.65. The molecule has 3 atom stereocenters. The molecule has 1 amide bonds. The van der Waals surface area contributed by atoms with Crippen LogP contribution in [0.3, 0.4) is 0 Å². The van der Waals surface area contributed by atoms with Crippen LogP contribution in [-0.4, -0.2) is 38.0 Å². The summed E-state index contributed by atoms with van der Waals surface area (Å²) in [6, 6.07) is 10.6. The highest BCUT2D eigenvalue weighted by Gasteiger charge is 2.55. The van der Waals surface area contributed by atoms with Crippen LogP contribution in [0, 0.1) is 17.3 Å². The van der Waals surface area contributed by atoms with E-state index in [2.05, 4.69) is 35.6 Å². The van der Waals surface area contributed by atoms with Crippen LogP contribution in [0.5, 0.6) is 0 Å². The molecule has 2 saturated carbocycles. The topological polar surface area (TPSA) is 32.3 Å². The van der Waals surface area contributed by atoms with E-state index in [0.29, 0.717) is 11.8 Å². The van der Waals surface area contributed by atoms with Gasteiger partial charge < -0.3 is 10.2 Å². The number of carbonyl (C=O) groups is 1. The zero-order valence-electron chi connectivity index (χ0n) is 14.3. The van der Waals surface area contributed by atoms with E-state index in [-0.39, 0.29) is 17.8 Å². The number of likely N-dealkylation sites (N-methyl/N-ethyl adjacent to an activating group) is 2. The van der Waals surface area contributed by atoms with Crippen molar-refractivity contribution in [3.05, 3.63) is 35.9 Å². The van der Waals surface area contributed by atoms with Crippen LogP contribution in [0.1, 0.15) is 31.2 Å². The molecule has 0 spiro atoms. The molecule has 2 bridgehead atoms. The lowest BCUT2D eigenvalue weighted by Gasteiger charge is -2.39. The lowest BCUT2D eigenvalue weighted by molar-refractivity contribution is -0.144.